The van der Waals surface area contributed by atoms with Crippen LogP contribution in [0.3, 0.4) is 0 Å². The maximum Gasteiger partial charge on any atom is 0.309 e. The van der Waals surface area contributed by atoms with Crippen molar-refractivity contribution in [2.75, 3.05) is 6.61 Å². The van der Waals surface area contributed by atoms with Gasteiger partial charge in [-0.15, -0.1) is 0 Å². The predicted octanol–water partition coefficient (Wildman–Crippen LogP) is 1.16. The molecule has 1 saturated heterocycles. The van der Waals surface area contributed by atoms with E-state index in [1.807, 2.05) is 0 Å². The number of imidazole rings is 1. The van der Waals surface area contributed by atoms with E-state index in [2.05, 4.69) is 4.98 Å². The fourth-order valence-electron chi connectivity index (χ4n) is 1.52. The highest BCUT2D eigenvalue weighted by atomic mass is 16.5. The summed E-state index contributed by atoms with van der Waals surface area (Å²) in [6.45, 7) is -5.37. The molecule has 2 atom stereocenters. The summed E-state index contributed by atoms with van der Waals surface area (Å²) in [5.74, 6) is -3.05. The number of carbonyl (C=O) groups is 1. The van der Waals surface area contributed by atoms with Crippen LogP contribution in [-0.4, -0.2) is 22.1 Å². The van der Waals surface area contributed by atoms with Crippen LogP contribution in [0.15, 0.2) is 12.5 Å². The average molecular weight is 216 g/mol. The number of carbonyl (C=O) groups excluding carboxylic acids is 1. The summed E-state index contributed by atoms with van der Waals surface area (Å²) in [7, 11) is 0. The largest absolute Gasteiger partial charge is 0.465 e. The van der Waals surface area contributed by atoms with Gasteiger partial charge in [0.25, 0.3) is 0 Å². The molecule has 2 rings (SSSR count). The molecule has 4 nitrogen and oxygen atoms in total. The maximum absolute atomic E-state index is 11.8. The minimum Gasteiger partial charge on any atom is -0.465 e. The SMILES string of the molecule is [2H]C([2H])([2H])C[C@@H]1C(=O)OC[C@@H]1C([2H])([2H])c1cncn1C([2H])([2H])[2H]. The summed E-state index contributed by atoms with van der Waals surface area (Å²) >= 11 is 0. The van der Waals surface area contributed by atoms with Crippen LogP contribution in [0.1, 0.15) is 29.9 Å². The second-order valence-corrected chi connectivity index (χ2v) is 3.34. The minimum atomic E-state index is -2.64. The highest BCUT2D eigenvalue weighted by Crippen LogP contribution is 2.27. The normalized spacial score (nSPS) is 36.1. The van der Waals surface area contributed by atoms with Crippen LogP contribution in [0.25, 0.3) is 0 Å². The van der Waals surface area contributed by atoms with Crippen molar-refractivity contribution in [2.45, 2.75) is 19.6 Å². The quantitative estimate of drug-likeness (QED) is 0.712. The molecule has 0 aromatic carbocycles. The van der Waals surface area contributed by atoms with Gasteiger partial charge in [0, 0.05) is 35.8 Å². The summed E-state index contributed by atoms with van der Waals surface area (Å²) in [5.41, 5.74) is -0.239. The standard InChI is InChI=1S/C11H16N2O2/c1-3-10-8(6-15-11(10)14)4-9-5-12-7-13(9)2/h5,7-8,10H,3-4,6H2,1-2H3/t8-,10-/m0/s1/i1D3,2D3,4D2. The van der Waals surface area contributed by atoms with Crippen molar-refractivity contribution in [3.8, 4) is 0 Å². The molecule has 82 valence electrons. The zero-order chi connectivity index (χ0) is 17.6. The molecule has 0 bridgehead atoms. The van der Waals surface area contributed by atoms with E-state index in [0.29, 0.717) is 4.57 Å². The number of hydrogen-bond acceptors (Lipinski definition) is 3. The van der Waals surface area contributed by atoms with Gasteiger partial charge in [-0.1, -0.05) is 6.85 Å². The zero-order valence-electron chi connectivity index (χ0n) is 15.9. The smallest absolute Gasteiger partial charge is 0.309 e. The van der Waals surface area contributed by atoms with Crippen LogP contribution >= 0.6 is 0 Å². The Bertz CT molecular complexity index is 592. The van der Waals surface area contributed by atoms with Gasteiger partial charge < -0.3 is 9.30 Å². The van der Waals surface area contributed by atoms with E-state index in [1.54, 1.807) is 0 Å². The highest BCUT2D eigenvalue weighted by molar-refractivity contribution is 5.74. The molecule has 0 saturated carbocycles. The lowest BCUT2D eigenvalue weighted by Gasteiger charge is -2.12. The van der Waals surface area contributed by atoms with Gasteiger partial charge in [-0.25, -0.2) is 4.98 Å². The van der Waals surface area contributed by atoms with Gasteiger partial charge >= 0.3 is 5.97 Å². The third kappa shape index (κ3) is 1.89. The van der Waals surface area contributed by atoms with Gasteiger partial charge in [-0.2, -0.15) is 0 Å². The fraction of sp³-hybridized carbons (Fsp3) is 0.636. The number of nitrogens with zero attached hydrogens (tertiary/aromatic N) is 2. The number of ether oxygens (including phenoxy) is 1. The van der Waals surface area contributed by atoms with Gasteiger partial charge in [-0.05, 0) is 12.8 Å². The molecular weight excluding hydrogens is 192 g/mol. The molecule has 1 fully saturated rings. The molecule has 0 spiro atoms. The maximum atomic E-state index is 11.8. The molecule has 15 heavy (non-hydrogen) atoms. The third-order valence-corrected chi connectivity index (χ3v) is 2.39. The Morgan fingerprint density at radius 1 is 1.87 bits per heavy atom. The molecule has 0 unspecified atom stereocenters. The number of hydrogen-bond donors (Lipinski definition) is 0. The number of cyclic esters (lactones) is 1. The van der Waals surface area contributed by atoms with Crippen molar-refractivity contribution in [1.29, 1.82) is 0 Å². The molecule has 1 aromatic heterocycles. The molecule has 4 heteroatoms. The molecule has 1 aromatic rings. The minimum absolute atomic E-state index is 0.239. The lowest BCUT2D eigenvalue weighted by Crippen LogP contribution is -2.18. The van der Waals surface area contributed by atoms with E-state index in [-0.39, 0.29) is 12.3 Å². The number of aromatic nitrogens is 2. The zero-order valence-corrected chi connectivity index (χ0v) is 7.93. The molecule has 2 heterocycles. The van der Waals surface area contributed by atoms with E-state index >= 15 is 0 Å². The average Bonchev–Trinajstić information content (AvgIpc) is 2.95. The van der Waals surface area contributed by atoms with Gasteiger partial charge in [0.05, 0.1) is 18.9 Å². The molecule has 0 N–H and O–H groups in total. The summed E-state index contributed by atoms with van der Waals surface area (Å²) in [4.78, 5) is 15.5. The molecule has 0 aliphatic carbocycles. The van der Waals surface area contributed by atoms with Gasteiger partial charge in [0.15, 0.2) is 0 Å². The van der Waals surface area contributed by atoms with Crippen LogP contribution in [0.2, 0.25) is 0 Å². The van der Waals surface area contributed by atoms with Gasteiger partial charge in [0.2, 0.25) is 0 Å². The monoisotopic (exact) mass is 216 g/mol. The topological polar surface area (TPSA) is 44.1 Å². The van der Waals surface area contributed by atoms with Gasteiger partial charge in [-0.3, -0.25) is 4.79 Å². The Kier molecular flexibility index (Phi) is 1.15. The van der Waals surface area contributed by atoms with E-state index in [9.17, 15) is 4.79 Å². The van der Waals surface area contributed by atoms with Crippen molar-refractivity contribution in [1.82, 2.24) is 9.55 Å². The predicted molar refractivity (Wildman–Crippen MR) is 55.1 cm³/mol. The first-order valence-corrected chi connectivity index (χ1v) is 4.54. The van der Waals surface area contributed by atoms with E-state index < -0.39 is 44.4 Å². The van der Waals surface area contributed by atoms with Crippen molar-refractivity contribution < 1.29 is 20.5 Å². The van der Waals surface area contributed by atoms with E-state index in [0.717, 1.165) is 12.5 Å². The third-order valence-electron chi connectivity index (χ3n) is 2.39. The first-order chi connectivity index (χ1) is 10.3. The summed E-state index contributed by atoms with van der Waals surface area (Å²) in [5, 5.41) is 0. The summed E-state index contributed by atoms with van der Waals surface area (Å²) in [6, 6.07) is 0. The molecule has 0 radical (unpaired) electrons. The Morgan fingerprint density at radius 3 is 3.60 bits per heavy atom. The molecule has 1 aliphatic rings. The van der Waals surface area contributed by atoms with Crippen LogP contribution in [0, 0.1) is 11.8 Å². The first kappa shape index (κ1) is 4.28. The summed E-state index contributed by atoms with van der Waals surface area (Å²) in [6.07, 6.45) is -0.761. The molecule has 0 amide bonds. The van der Waals surface area contributed by atoms with E-state index in [4.69, 9.17) is 15.7 Å². The van der Waals surface area contributed by atoms with Crippen molar-refractivity contribution >= 4 is 5.97 Å². The fourth-order valence-corrected chi connectivity index (χ4v) is 1.52. The van der Waals surface area contributed by atoms with Crippen molar-refractivity contribution in [3.05, 3.63) is 18.2 Å². The first-order valence-electron chi connectivity index (χ1n) is 8.54. The second-order valence-electron chi connectivity index (χ2n) is 3.34. The lowest BCUT2D eigenvalue weighted by molar-refractivity contribution is -0.141. The Morgan fingerprint density at radius 2 is 2.80 bits per heavy atom. The van der Waals surface area contributed by atoms with Crippen molar-refractivity contribution in [2.24, 2.45) is 18.8 Å². The van der Waals surface area contributed by atoms with Crippen LogP contribution in [0.5, 0.6) is 0 Å². The Hall–Kier alpha value is -1.32. The molecular formula is C11H16N2O2. The second kappa shape index (κ2) is 4.04. The Balaban J connectivity index is 2.39. The Labute approximate surface area is 100 Å². The van der Waals surface area contributed by atoms with Crippen LogP contribution in [-0.2, 0) is 22.9 Å². The summed E-state index contributed by atoms with van der Waals surface area (Å²) < 4.78 is 66.2. The lowest BCUT2D eigenvalue weighted by atomic mass is 9.89. The van der Waals surface area contributed by atoms with E-state index in [1.165, 1.54) is 0 Å². The van der Waals surface area contributed by atoms with Gasteiger partial charge in [0.1, 0.15) is 0 Å². The highest BCUT2D eigenvalue weighted by Gasteiger charge is 2.35. The molecule has 1 aliphatic heterocycles. The van der Waals surface area contributed by atoms with Crippen LogP contribution in [0.4, 0.5) is 0 Å². The number of rotatable bonds is 3. The van der Waals surface area contributed by atoms with Crippen LogP contribution < -0.4 is 0 Å². The van der Waals surface area contributed by atoms with Crippen molar-refractivity contribution in [3.63, 3.8) is 0 Å². The number of esters is 1. The number of aryl methyl sites for hydroxylation is 1.